The summed E-state index contributed by atoms with van der Waals surface area (Å²) in [5.74, 6) is -1.71. The third-order valence-corrected chi connectivity index (χ3v) is 5.58. The molecule has 0 aliphatic carbocycles. The summed E-state index contributed by atoms with van der Waals surface area (Å²) in [5, 5.41) is -0.338. The van der Waals surface area contributed by atoms with Gasteiger partial charge in [0.25, 0.3) is 32.1 Å². The molecule has 1 aliphatic heterocycles. The molecule has 25 heavy (non-hydrogen) atoms. The first-order valence-corrected chi connectivity index (χ1v) is 9.39. The number of imide groups is 1. The minimum absolute atomic E-state index is 0.0644. The highest BCUT2D eigenvalue weighted by Crippen LogP contribution is 2.38. The first kappa shape index (κ1) is 17.3. The number of hydrogen-bond acceptors (Lipinski definition) is 7. The van der Waals surface area contributed by atoms with Crippen LogP contribution in [0.5, 0.6) is 0 Å². The van der Waals surface area contributed by atoms with Gasteiger partial charge in [0, 0.05) is 17.8 Å². The highest BCUT2D eigenvalue weighted by atomic mass is 32.2. The maximum Gasteiger partial charge on any atom is 0.296 e. The zero-order valence-electron chi connectivity index (χ0n) is 12.4. The molecule has 2 aromatic carbocycles. The molecule has 12 heteroatoms. The van der Waals surface area contributed by atoms with Gasteiger partial charge in [-0.25, -0.2) is 0 Å². The second-order valence-corrected chi connectivity index (χ2v) is 8.16. The second-order valence-electron chi connectivity index (χ2n) is 5.35. The molecule has 0 saturated heterocycles. The number of nitrogen functional groups attached to an aromatic ring is 1. The van der Waals surface area contributed by atoms with Gasteiger partial charge in [-0.15, -0.1) is 0 Å². The van der Waals surface area contributed by atoms with Gasteiger partial charge >= 0.3 is 0 Å². The zero-order valence-corrected chi connectivity index (χ0v) is 14.1. The fraction of sp³-hybridized carbons (Fsp3) is 0.0769. The summed E-state index contributed by atoms with van der Waals surface area (Å²) in [5.41, 5.74) is 4.64. The van der Waals surface area contributed by atoms with Crippen LogP contribution in [-0.2, 0) is 20.2 Å². The van der Waals surface area contributed by atoms with Crippen LogP contribution in [0.3, 0.4) is 0 Å². The Labute approximate surface area is 141 Å². The molecule has 2 amide bonds. The molecule has 4 N–H and O–H groups in total. The van der Waals surface area contributed by atoms with Crippen LogP contribution in [0.15, 0.2) is 28.0 Å². The van der Waals surface area contributed by atoms with Crippen LogP contribution in [0, 0.1) is 0 Å². The van der Waals surface area contributed by atoms with Gasteiger partial charge in [0.2, 0.25) is 0 Å². The van der Waals surface area contributed by atoms with Gasteiger partial charge in [0.1, 0.15) is 4.90 Å². The second kappa shape index (κ2) is 4.98. The van der Waals surface area contributed by atoms with E-state index in [1.165, 1.54) is 0 Å². The lowest BCUT2D eigenvalue weighted by Crippen LogP contribution is -2.37. The molecule has 0 saturated carbocycles. The number of carbonyl (C=O) groups excluding carboxylic acids is 2. The van der Waals surface area contributed by atoms with Crippen LogP contribution in [0.1, 0.15) is 20.7 Å². The summed E-state index contributed by atoms with van der Waals surface area (Å²) >= 11 is 0. The van der Waals surface area contributed by atoms with E-state index in [0.29, 0.717) is 4.90 Å². The first-order chi connectivity index (χ1) is 11.3. The molecule has 1 aliphatic rings. The quantitative estimate of drug-likeness (QED) is 0.368. The van der Waals surface area contributed by atoms with Crippen LogP contribution in [0.2, 0.25) is 0 Å². The average Bonchev–Trinajstić information content (AvgIpc) is 2.49. The molecule has 0 radical (unpaired) electrons. The maximum absolute atomic E-state index is 12.3. The largest absolute Gasteiger partial charge is 0.397 e. The van der Waals surface area contributed by atoms with E-state index in [2.05, 4.69) is 0 Å². The Morgan fingerprint density at radius 1 is 0.920 bits per heavy atom. The molecular weight excluding hydrogens is 376 g/mol. The standard InChI is InChI=1S/C13H10N2O8S2/c1-15-12(16)7-3-5(24(18,19)20)2-6-10(7)8(13(15)17)4-9(11(6)14)25(21,22)23/h2-4H,14H2,1H3,(H,18,19,20)(H,21,22,23). The number of hydrogen-bond donors (Lipinski definition) is 3. The summed E-state index contributed by atoms with van der Waals surface area (Å²) in [6.07, 6.45) is 0. The van der Waals surface area contributed by atoms with E-state index in [1.807, 2.05) is 0 Å². The van der Waals surface area contributed by atoms with Crippen molar-refractivity contribution in [3.05, 3.63) is 29.3 Å². The highest BCUT2D eigenvalue weighted by Gasteiger charge is 2.34. The van der Waals surface area contributed by atoms with E-state index in [9.17, 15) is 35.5 Å². The van der Waals surface area contributed by atoms with Crippen molar-refractivity contribution >= 4 is 48.5 Å². The summed E-state index contributed by atoms with van der Waals surface area (Å²) in [7, 11) is -8.49. The Morgan fingerprint density at radius 2 is 1.44 bits per heavy atom. The van der Waals surface area contributed by atoms with Crippen molar-refractivity contribution < 1.29 is 35.5 Å². The van der Waals surface area contributed by atoms with Crippen molar-refractivity contribution in [2.24, 2.45) is 0 Å². The number of nitrogens with zero attached hydrogens (tertiary/aromatic N) is 1. The normalized spacial score (nSPS) is 15.1. The molecule has 0 atom stereocenters. The molecule has 0 unspecified atom stereocenters. The number of benzene rings is 2. The fourth-order valence-corrected chi connectivity index (χ4v) is 3.87. The van der Waals surface area contributed by atoms with E-state index < -0.39 is 47.5 Å². The van der Waals surface area contributed by atoms with Crippen LogP contribution in [0.25, 0.3) is 10.8 Å². The van der Waals surface area contributed by atoms with Crippen LogP contribution in [-0.4, -0.2) is 49.7 Å². The topological polar surface area (TPSA) is 172 Å². The third-order valence-electron chi connectivity index (χ3n) is 3.86. The molecule has 10 nitrogen and oxygen atoms in total. The van der Waals surface area contributed by atoms with Crippen molar-refractivity contribution in [2.75, 3.05) is 12.8 Å². The summed E-state index contributed by atoms with van der Waals surface area (Å²) in [6.45, 7) is 0. The molecule has 2 aromatic rings. The minimum atomic E-state index is -4.84. The van der Waals surface area contributed by atoms with E-state index in [1.54, 1.807) is 0 Å². The molecule has 3 rings (SSSR count). The molecule has 0 bridgehead atoms. The van der Waals surface area contributed by atoms with Gasteiger partial charge in [-0.2, -0.15) is 16.8 Å². The van der Waals surface area contributed by atoms with E-state index in [-0.39, 0.29) is 21.9 Å². The van der Waals surface area contributed by atoms with Gasteiger partial charge in [0.15, 0.2) is 0 Å². The lowest BCUT2D eigenvalue weighted by molar-refractivity contribution is 0.0650. The Morgan fingerprint density at radius 3 is 1.92 bits per heavy atom. The Bertz CT molecular complexity index is 1180. The van der Waals surface area contributed by atoms with Gasteiger partial charge in [-0.05, 0) is 18.2 Å². The first-order valence-electron chi connectivity index (χ1n) is 6.51. The highest BCUT2D eigenvalue weighted by molar-refractivity contribution is 7.86. The van der Waals surface area contributed by atoms with Crippen molar-refractivity contribution in [3.63, 3.8) is 0 Å². The molecule has 0 fully saturated rings. The monoisotopic (exact) mass is 386 g/mol. The average molecular weight is 386 g/mol. The summed E-state index contributed by atoms with van der Waals surface area (Å²) in [6, 6.07) is 2.50. The lowest BCUT2D eigenvalue weighted by atomic mass is 9.93. The van der Waals surface area contributed by atoms with Gasteiger partial charge in [-0.3, -0.25) is 23.6 Å². The molecular formula is C13H10N2O8S2. The van der Waals surface area contributed by atoms with Crippen molar-refractivity contribution in [2.45, 2.75) is 9.79 Å². The van der Waals surface area contributed by atoms with Crippen LogP contribution < -0.4 is 5.73 Å². The minimum Gasteiger partial charge on any atom is -0.397 e. The number of anilines is 1. The van der Waals surface area contributed by atoms with Crippen LogP contribution in [0.4, 0.5) is 5.69 Å². The number of rotatable bonds is 2. The van der Waals surface area contributed by atoms with Crippen molar-refractivity contribution in [1.82, 2.24) is 4.90 Å². The predicted octanol–water partition coefficient (Wildman–Crippen LogP) is 0.141. The molecule has 0 aromatic heterocycles. The Kier molecular flexibility index (Phi) is 3.45. The van der Waals surface area contributed by atoms with Crippen molar-refractivity contribution in [3.8, 4) is 0 Å². The summed E-state index contributed by atoms with van der Waals surface area (Å²) < 4.78 is 64.5. The zero-order chi connectivity index (χ0) is 18.9. The third kappa shape index (κ3) is 2.46. The summed E-state index contributed by atoms with van der Waals surface area (Å²) in [4.78, 5) is 23.7. The molecule has 132 valence electrons. The Hall–Kier alpha value is -2.54. The smallest absolute Gasteiger partial charge is 0.296 e. The van der Waals surface area contributed by atoms with Gasteiger partial charge < -0.3 is 5.73 Å². The molecule has 1 heterocycles. The maximum atomic E-state index is 12.3. The SMILES string of the molecule is CN1C(=O)c2cc(S(=O)(=O)O)cc3c(N)c(S(=O)(=O)O)cc(c23)C1=O. The van der Waals surface area contributed by atoms with Crippen molar-refractivity contribution in [1.29, 1.82) is 0 Å². The lowest BCUT2D eigenvalue weighted by Gasteiger charge is -2.25. The van der Waals surface area contributed by atoms with E-state index in [0.717, 1.165) is 25.2 Å². The van der Waals surface area contributed by atoms with E-state index >= 15 is 0 Å². The predicted molar refractivity (Wildman–Crippen MR) is 84.4 cm³/mol. The number of carbonyl (C=O) groups is 2. The number of amides is 2. The number of nitrogens with two attached hydrogens (primary N) is 1. The molecule has 0 spiro atoms. The Balaban J connectivity index is 2.65. The van der Waals surface area contributed by atoms with E-state index in [4.69, 9.17) is 5.73 Å². The fourth-order valence-electron chi connectivity index (χ4n) is 2.69. The van der Waals surface area contributed by atoms with Gasteiger partial charge in [-0.1, -0.05) is 0 Å². The van der Waals surface area contributed by atoms with Gasteiger partial charge in [0.05, 0.1) is 21.7 Å². The van der Waals surface area contributed by atoms with Crippen LogP contribution >= 0.6 is 0 Å².